The maximum absolute atomic E-state index is 12.0. The molecule has 1 atom stereocenters. The van der Waals surface area contributed by atoms with Gasteiger partial charge in [-0.05, 0) is 18.9 Å². The van der Waals surface area contributed by atoms with Crippen LogP contribution in [0.5, 0.6) is 0 Å². The van der Waals surface area contributed by atoms with Gasteiger partial charge < -0.3 is 0 Å². The zero-order chi connectivity index (χ0) is 13.2. The quantitative estimate of drug-likeness (QED) is 0.869. The minimum atomic E-state index is -3.60. The number of rotatable bonds is 4. The molecule has 0 saturated carbocycles. The molecule has 4 nitrogen and oxygen atoms in total. The first-order chi connectivity index (χ1) is 7.74. The molecule has 0 amide bonds. The molecule has 0 aromatic carbocycles. The molecule has 1 N–H and O–H groups in total. The molecule has 0 spiro atoms. The Morgan fingerprint density at radius 3 is 2.35 bits per heavy atom. The molecule has 1 unspecified atom stereocenters. The topological polar surface area (TPSA) is 59.1 Å². The minimum absolute atomic E-state index is 0.0133. The SMILES string of the molecule is CC(C)C(C)NS(=O)(=O)c1cnc(Cl)c(Cl)c1. The third-order valence-corrected chi connectivity index (χ3v) is 4.63. The maximum atomic E-state index is 12.0. The van der Waals surface area contributed by atoms with Crippen molar-refractivity contribution in [1.82, 2.24) is 9.71 Å². The predicted octanol–water partition coefficient (Wildman–Crippen LogP) is 2.71. The normalized spacial score (nSPS) is 14.0. The highest BCUT2D eigenvalue weighted by molar-refractivity contribution is 7.89. The highest BCUT2D eigenvalue weighted by atomic mass is 35.5. The maximum Gasteiger partial charge on any atom is 0.242 e. The molecule has 7 heteroatoms. The van der Waals surface area contributed by atoms with Crippen molar-refractivity contribution in [1.29, 1.82) is 0 Å². The number of aromatic nitrogens is 1. The van der Waals surface area contributed by atoms with E-state index in [1.165, 1.54) is 12.3 Å². The number of sulfonamides is 1. The van der Waals surface area contributed by atoms with Crippen LogP contribution < -0.4 is 4.72 Å². The first-order valence-corrected chi connectivity index (χ1v) is 7.31. The van der Waals surface area contributed by atoms with Crippen LogP contribution >= 0.6 is 23.2 Å². The van der Waals surface area contributed by atoms with Crippen molar-refractivity contribution in [2.24, 2.45) is 5.92 Å². The number of hydrogen-bond donors (Lipinski definition) is 1. The number of nitrogens with one attached hydrogen (secondary N) is 1. The van der Waals surface area contributed by atoms with E-state index in [0.29, 0.717) is 0 Å². The summed E-state index contributed by atoms with van der Waals surface area (Å²) >= 11 is 11.4. The standard InChI is InChI=1S/C10H14Cl2N2O2S/c1-6(2)7(3)14-17(15,16)8-4-9(11)10(12)13-5-8/h4-7,14H,1-3H3. The second-order valence-corrected chi connectivity index (χ2v) is 6.58. The van der Waals surface area contributed by atoms with E-state index in [4.69, 9.17) is 23.2 Å². The number of nitrogens with zero attached hydrogens (tertiary/aromatic N) is 1. The summed E-state index contributed by atoms with van der Waals surface area (Å²) in [4.78, 5) is 3.72. The third kappa shape index (κ3) is 3.81. The fraction of sp³-hybridized carbons (Fsp3) is 0.500. The predicted molar refractivity (Wildman–Crippen MR) is 68.9 cm³/mol. The molecule has 0 bridgehead atoms. The summed E-state index contributed by atoms with van der Waals surface area (Å²) in [6.45, 7) is 5.66. The summed E-state index contributed by atoms with van der Waals surface area (Å²) < 4.78 is 26.5. The second-order valence-electron chi connectivity index (χ2n) is 4.10. The van der Waals surface area contributed by atoms with Crippen molar-refractivity contribution >= 4 is 33.2 Å². The van der Waals surface area contributed by atoms with Gasteiger partial charge in [-0.2, -0.15) is 0 Å². The van der Waals surface area contributed by atoms with Gasteiger partial charge in [-0.15, -0.1) is 0 Å². The Morgan fingerprint density at radius 1 is 1.29 bits per heavy atom. The van der Waals surface area contributed by atoms with E-state index in [2.05, 4.69) is 9.71 Å². The Morgan fingerprint density at radius 2 is 1.88 bits per heavy atom. The van der Waals surface area contributed by atoms with Crippen molar-refractivity contribution in [3.05, 3.63) is 22.4 Å². The van der Waals surface area contributed by atoms with Gasteiger partial charge in [-0.3, -0.25) is 0 Å². The van der Waals surface area contributed by atoms with E-state index in [0.717, 1.165) is 0 Å². The van der Waals surface area contributed by atoms with Crippen LogP contribution in [-0.4, -0.2) is 19.4 Å². The van der Waals surface area contributed by atoms with Gasteiger partial charge in [0.05, 0.1) is 5.02 Å². The highest BCUT2D eigenvalue weighted by Gasteiger charge is 2.20. The summed E-state index contributed by atoms with van der Waals surface area (Å²) in [7, 11) is -3.60. The lowest BCUT2D eigenvalue weighted by Crippen LogP contribution is -2.36. The Hall–Kier alpha value is -0.360. The van der Waals surface area contributed by atoms with Gasteiger partial charge in [0.15, 0.2) is 0 Å². The van der Waals surface area contributed by atoms with Gasteiger partial charge in [0, 0.05) is 12.2 Å². The monoisotopic (exact) mass is 296 g/mol. The molecule has 0 aliphatic rings. The molecule has 0 radical (unpaired) electrons. The lowest BCUT2D eigenvalue weighted by Gasteiger charge is -2.17. The molecule has 1 aromatic heterocycles. The van der Waals surface area contributed by atoms with Gasteiger partial charge in [0.1, 0.15) is 10.0 Å². The molecule has 1 heterocycles. The van der Waals surface area contributed by atoms with Crippen LogP contribution in [-0.2, 0) is 10.0 Å². The van der Waals surface area contributed by atoms with Crippen LogP contribution in [0.2, 0.25) is 10.2 Å². The van der Waals surface area contributed by atoms with Crippen LogP contribution in [0.3, 0.4) is 0 Å². The average molecular weight is 297 g/mol. The summed E-state index contributed by atoms with van der Waals surface area (Å²) in [6.07, 6.45) is 1.18. The lowest BCUT2D eigenvalue weighted by atomic mass is 10.1. The van der Waals surface area contributed by atoms with E-state index in [1.807, 2.05) is 13.8 Å². The van der Waals surface area contributed by atoms with Crippen molar-refractivity contribution in [3.63, 3.8) is 0 Å². The van der Waals surface area contributed by atoms with E-state index in [-0.39, 0.29) is 27.0 Å². The Balaban J connectivity index is 3.01. The average Bonchev–Trinajstić information content (AvgIpc) is 2.21. The zero-order valence-electron chi connectivity index (χ0n) is 9.74. The number of halogens is 2. The summed E-state index contributed by atoms with van der Waals surface area (Å²) in [5.74, 6) is 0.195. The first-order valence-electron chi connectivity index (χ1n) is 5.07. The fourth-order valence-corrected chi connectivity index (χ4v) is 2.70. The first kappa shape index (κ1) is 14.7. The third-order valence-electron chi connectivity index (χ3n) is 2.42. The summed E-state index contributed by atoms with van der Waals surface area (Å²) in [5, 5.41) is 0.203. The van der Waals surface area contributed by atoms with Crippen LogP contribution in [0.15, 0.2) is 17.2 Å². The fourth-order valence-electron chi connectivity index (χ4n) is 0.999. The van der Waals surface area contributed by atoms with Crippen molar-refractivity contribution < 1.29 is 8.42 Å². The van der Waals surface area contributed by atoms with Gasteiger partial charge >= 0.3 is 0 Å². The van der Waals surface area contributed by atoms with Crippen LogP contribution in [0.25, 0.3) is 0 Å². The van der Waals surface area contributed by atoms with Gasteiger partial charge in [-0.1, -0.05) is 37.0 Å². The smallest absolute Gasteiger partial charge is 0.242 e. The van der Waals surface area contributed by atoms with Crippen molar-refractivity contribution in [2.45, 2.75) is 31.7 Å². The molecule has 1 rings (SSSR count). The van der Waals surface area contributed by atoms with Crippen LogP contribution in [0.4, 0.5) is 0 Å². The molecular formula is C10H14Cl2N2O2S. The molecule has 0 fully saturated rings. The number of hydrogen-bond acceptors (Lipinski definition) is 3. The van der Waals surface area contributed by atoms with Crippen LogP contribution in [0.1, 0.15) is 20.8 Å². The van der Waals surface area contributed by atoms with Crippen molar-refractivity contribution in [2.75, 3.05) is 0 Å². The van der Waals surface area contributed by atoms with Crippen LogP contribution in [0, 0.1) is 5.92 Å². The van der Waals surface area contributed by atoms with E-state index < -0.39 is 10.0 Å². The molecule has 96 valence electrons. The van der Waals surface area contributed by atoms with Gasteiger partial charge in [0.25, 0.3) is 0 Å². The van der Waals surface area contributed by atoms with E-state index in [1.54, 1.807) is 6.92 Å². The second kappa shape index (κ2) is 5.52. The van der Waals surface area contributed by atoms with Gasteiger partial charge in [-0.25, -0.2) is 18.1 Å². The van der Waals surface area contributed by atoms with E-state index in [9.17, 15) is 8.42 Å². The summed E-state index contributed by atoms with van der Waals surface area (Å²) in [6, 6.07) is 1.11. The Labute approximate surface area is 111 Å². The lowest BCUT2D eigenvalue weighted by molar-refractivity contribution is 0.476. The molecule has 0 aliphatic heterocycles. The molecular weight excluding hydrogens is 283 g/mol. The Bertz CT molecular complexity index is 503. The van der Waals surface area contributed by atoms with Crippen molar-refractivity contribution in [3.8, 4) is 0 Å². The zero-order valence-corrected chi connectivity index (χ0v) is 12.1. The van der Waals surface area contributed by atoms with Gasteiger partial charge in [0.2, 0.25) is 10.0 Å². The Kier molecular flexibility index (Phi) is 4.77. The summed E-state index contributed by atoms with van der Waals surface area (Å²) in [5.41, 5.74) is 0. The van der Waals surface area contributed by atoms with E-state index >= 15 is 0 Å². The molecule has 17 heavy (non-hydrogen) atoms. The number of pyridine rings is 1. The highest BCUT2D eigenvalue weighted by Crippen LogP contribution is 2.22. The largest absolute Gasteiger partial charge is 0.242 e. The minimum Gasteiger partial charge on any atom is -0.242 e. The molecule has 0 aliphatic carbocycles. The molecule has 0 saturated heterocycles. The molecule has 1 aromatic rings.